The Morgan fingerprint density at radius 2 is 1.79 bits per heavy atom. The first kappa shape index (κ1) is 15.8. The summed E-state index contributed by atoms with van der Waals surface area (Å²) in [5, 5.41) is 3.22. The number of nitrogens with one attached hydrogen (secondary N) is 1. The fourth-order valence-electron chi connectivity index (χ4n) is 1.64. The highest BCUT2D eigenvalue weighted by molar-refractivity contribution is 6.17. The third-order valence-corrected chi connectivity index (χ3v) is 3.08. The van der Waals surface area contributed by atoms with Gasteiger partial charge in [-0.05, 0) is 18.3 Å². The van der Waals surface area contributed by atoms with Crippen LogP contribution in [0, 0.1) is 5.41 Å². The van der Waals surface area contributed by atoms with Crippen LogP contribution in [-0.4, -0.2) is 36.6 Å². The monoisotopic (exact) mass is 287 g/mol. The van der Waals surface area contributed by atoms with Crippen molar-refractivity contribution in [2.24, 2.45) is 5.41 Å². The Hall–Kier alpha value is -1.23. The molecule has 1 rings (SSSR count). The molecule has 0 aliphatic rings. The number of rotatable bonds is 8. The summed E-state index contributed by atoms with van der Waals surface area (Å²) in [6.45, 7) is 5.13. The number of halogens is 1. The van der Waals surface area contributed by atoms with Gasteiger partial charge in [-0.1, -0.05) is 13.8 Å². The van der Waals surface area contributed by atoms with Crippen LogP contribution in [0.4, 0.5) is 5.95 Å². The van der Waals surface area contributed by atoms with E-state index in [1.165, 1.54) is 0 Å². The van der Waals surface area contributed by atoms with Gasteiger partial charge in [0.25, 0.3) is 0 Å². The minimum Gasteiger partial charge on any atom is -0.481 e. The molecule has 0 aliphatic carbocycles. The number of hydrogen-bond donors (Lipinski definition) is 1. The molecule has 0 saturated heterocycles. The van der Waals surface area contributed by atoms with E-state index in [4.69, 9.17) is 21.1 Å². The van der Waals surface area contributed by atoms with Crippen molar-refractivity contribution in [2.75, 3.05) is 32.0 Å². The van der Waals surface area contributed by atoms with Gasteiger partial charge in [0.05, 0.1) is 20.3 Å². The zero-order chi connectivity index (χ0) is 14.3. The number of aromatic nitrogens is 2. The highest BCUT2D eigenvalue weighted by Gasteiger charge is 2.18. The molecule has 0 fully saturated rings. The van der Waals surface area contributed by atoms with Crippen LogP contribution < -0.4 is 14.8 Å². The summed E-state index contributed by atoms with van der Waals surface area (Å²) in [7, 11) is 3.13. The number of hydrogen-bond acceptors (Lipinski definition) is 5. The van der Waals surface area contributed by atoms with Crippen LogP contribution in [0.25, 0.3) is 0 Å². The summed E-state index contributed by atoms with van der Waals surface area (Å²) in [5.41, 5.74) is 0.133. The lowest BCUT2D eigenvalue weighted by Gasteiger charge is -2.24. The Balaban J connectivity index is 2.66. The molecule has 0 amide bonds. The lowest BCUT2D eigenvalue weighted by atomic mass is 9.88. The normalized spacial score (nSPS) is 11.2. The van der Waals surface area contributed by atoms with E-state index in [0.29, 0.717) is 23.6 Å². The lowest BCUT2D eigenvalue weighted by molar-refractivity contribution is 0.351. The third-order valence-electron chi connectivity index (χ3n) is 2.81. The van der Waals surface area contributed by atoms with Gasteiger partial charge in [-0.25, -0.2) is 0 Å². The molecule has 0 aromatic carbocycles. The van der Waals surface area contributed by atoms with Crippen molar-refractivity contribution in [1.29, 1.82) is 0 Å². The number of anilines is 1. The molecule has 1 heterocycles. The molecule has 0 radical (unpaired) electrons. The Morgan fingerprint density at radius 1 is 1.21 bits per heavy atom. The molecular formula is C13H22ClN3O2. The zero-order valence-electron chi connectivity index (χ0n) is 12.0. The van der Waals surface area contributed by atoms with Gasteiger partial charge in [0.15, 0.2) is 0 Å². The van der Waals surface area contributed by atoms with Crippen molar-refractivity contribution in [1.82, 2.24) is 9.97 Å². The van der Waals surface area contributed by atoms with Gasteiger partial charge in [0.2, 0.25) is 17.7 Å². The summed E-state index contributed by atoms with van der Waals surface area (Å²) >= 11 is 5.73. The van der Waals surface area contributed by atoms with E-state index in [9.17, 15) is 0 Å². The molecule has 108 valence electrons. The number of nitrogens with zero attached hydrogens (tertiary/aromatic N) is 2. The highest BCUT2D eigenvalue weighted by Crippen LogP contribution is 2.24. The Morgan fingerprint density at radius 3 is 2.26 bits per heavy atom. The average Bonchev–Trinajstić information content (AvgIpc) is 2.42. The molecule has 1 N–H and O–H groups in total. The fraction of sp³-hybridized carbons (Fsp3) is 0.692. The zero-order valence-corrected chi connectivity index (χ0v) is 12.8. The summed E-state index contributed by atoms with van der Waals surface area (Å²) in [6.07, 6.45) is 2.04. The molecule has 0 aliphatic heterocycles. The van der Waals surface area contributed by atoms with Gasteiger partial charge < -0.3 is 14.8 Å². The molecular weight excluding hydrogens is 266 g/mol. The van der Waals surface area contributed by atoms with E-state index in [1.54, 1.807) is 20.3 Å². The maximum absolute atomic E-state index is 5.73. The summed E-state index contributed by atoms with van der Waals surface area (Å²) in [5.74, 6) is 2.16. The Bertz CT molecular complexity index is 377. The summed E-state index contributed by atoms with van der Waals surface area (Å²) in [4.78, 5) is 8.47. The Labute approximate surface area is 119 Å². The summed E-state index contributed by atoms with van der Waals surface area (Å²) in [6, 6.07) is 1.64. The van der Waals surface area contributed by atoms with Crippen LogP contribution in [0.15, 0.2) is 6.07 Å². The van der Waals surface area contributed by atoms with Gasteiger partial charge in [-0.3, -0.25) is 0 Å². The van der Waals surface area contributed by atoms with E-state index in [1.807, 2.05) is 0 Å². The van der Waals surface area contributed by atoms with Gasteiger partial charge in [-0.15, -0.1) is 11.6 Å². The second-order valence-corrected chi connectivity index (χ2v) is 5.46. The summed E-state index contributed by atoms with van der Waals surface area (Å²) < 4.78 is 10.2. The first-order chi connectivity index (χ1) is 9.00. The van der Waals surface area contributed by atoms with Crippen LogP contribution in [0.1, 0.15) is 26.7 Å². The first-order valence-corrected chi connectivity index (χ1v) is 6.81. The molecule has 0 unspecified atom stereocenters. The number of ether oxygens (including phenoxy) is 2. The highest BCUT2D eigenvalue weighted by atomic mass is 35.5. The minimum absolute atomic E-state index is 0.133. The standard InChI is InChI=1S/C13H22ClN3O2/c1-13(2,6-5-7-14)9-15-12-16-10(18-3)8-11(17-12)19-4/h8H,5-7,9H2,1-4H3,(H,15,16,17). The number of alkyl halides is 1. The molecule has 6 heteroatoms. The van der Waals surface area contributed by atoms with Crippen LogP contribution in [-0.2, 0) is 0 Å². The second-order valence-electron chi connectivity index (χ2n) is 5.09. The van der Waals surface area contributed by atoms with E-state index >= 15 is 0 Å². The minimum atomic E-state index is 0.133. The van der Waals surface area contributed by atoms with Gasteiger partial charge >= 0.3 is 0 Å². The lowest BCUT2D eigenvalue weighted by Crippen LogP contribution is -2.24. The topological polar surface area (TPSA) is 56.3 Å². The Kier molecular flexibility index (Phi) is 6.15. The van der Waals surface area contributed by atoms with Crippen molar-refractivity contribution in [3.05, 3.63) is 6.07 Å². The molecule has 0 bridgehead atoms. The quantitative estimate of drug-likeness (QED) is 0.745. The molecule has 5 nitrogen and oxygen atoms in total. The van der Waals surface area contributed by atoms with Crippen LogP contribution in [0.2, 0.25) is 0 Å². The molecule has 1 aromatic heterocycles. The molecule has 1 aromatic rings. The van der Waals surface area contributed by atoms with Crippen LogP contribution in [0.5, 0.6) is 11.8 Å². The maximum Gasteiger partial charge on any atom is 0.229 e. The second kappa shape index (κ2) is 7.38. The van der Waals surface area contributed by atoms with E-state index in [2.05, 4.69) is 29.1 Å². The predicted molar refractivity (Wildman–Crippen MR) is 77.4 cm³/mol. The number of methoxy groups -OCH3 is 2. The SMILES string of the molecule is COc1cc(OC)nc(NCC(C)(C)CCCCl)n1. The van der Waals surface area contributed by atoms with Crippen LogP contribution in [0.3, 0.4) is 0 Å². The molecule has 0 spiro atoms. The first-order valence-electron chi connectivity index (χ1n) is 6.27. The van der Waals surface area contributed by atoms with Gasteiger partial charge in [0, 0.05) is 12.4 Å². The van der Waals surface area contributed by atoms with Crippen molar-refractivity contribution >= 4 is 17.5 Å². The van der Waals surface area contributed by atoms with E-state index in [0.717, 1.165) is 19.4 Å². The molecule has 0 atom stereocenters. The van der Waals surface area contributed by atoms with Gasteiger partial charge in [0.1, 0.15) is 0 Å². The van der Waals surface area contributed by atoms with Crippen molar-refractivity contribution in [2.45, 2.75) is 26.7 Å². The van der Waals surface area contributed by atoms with Crippen molar-refractivity contribution in [3.63, 3.8) is 0 Å². The largest absolute Gasteiger partial charge is 0.481 e. The van der Waals surface area contributed by atoms with E-state index in [-0.39, 0.29) is 5.41 Å². The fourth-order valence-corrected chi connectivity index (χ4v) is 1.78. The van der Waals surface area contributed by atoms with Crippen molar-refractivity contribution in [3.8, 4) is 11.8 Å². The maximum atomic E-state index is 5.73. The predicted octanol–water partition coefficient (Wildman–Crippen LogP) is 2.95. The molecule has 19 heavy (non-hydrogen) atoms. The van der Waals surface area contributed by atoms with Crippen LogP contribution >= 0.6 is 11.6 Å². The van der Waals surface area contributed by atoms with E-state index < -0.39 is 0 Å². The van der Waals surface area contributed by atoms with Gasteiger partial charge in [-0.2, -0.15) is 9.97 Å². The third kappa shape index (κ3) is 5.51. The average molecular weight is 288 g/mol. The van der Waals surface area contributed by atoms with Crippen molar-refractivity contribution < 1.29 is 9.47 Å². The smallest absolute Gasteiger partial charge is 0.229 e. The molecule has 0 saturated carbocycles.